The predicted octanol–water partition coefficient (Wildman–Crippen LogP) is 6.14. The lowest BCUT2D eigenvalue weighted by Gasteiger charge is -2.19. The molecule has 1 unspecified atom stereocenters. The number of ether oxygens (including phenoxy) is 1. The number of anilines is 1. The second-order valence-electron chi connectivity index (χ2n) is 8.77. The number of amides is 2. The molecule has 170 valence electrons. The molecule has 0 bridgehead atoms. The van der Waals surface area contributed by atoms with Crippen LogP contribution in [0.3, 0.4) is 0 Å². The summed E-state index contributed by atoms with van der Waals surface area (Å²) in [5.74, 6) is -0.126. The van der Waals surface area contributed by atoms with Crippen molar-refractivity contribution in [2.75, 3.05) is 11.9 Å². The second kappa shape index (κ2) is 9.50. The lowest BCUT2D eigenvalue weighted by Crippen LogP contribution is -2.28. The Morgan fingerprint density at radius 3 is 2.48 bits per heavy atom. The lowest BCUT2D eigenvalue weighted by molar-refractivity contribution is 0.0635. The molecule has 1 atom stereocenters. The second-order valence-corrected chi connectivity index (χ2v) is 9.75. The number of carbonyl (C=O) groups is 2. The third kappa shape index (κ3) is 5.62. The topological polar surface area (TPSA) is 83.2 Å². The number of H-pyrrole nitrogens is 1. The number of carbonyl (C=O) groups excluding carboxylic acids is 2. The Hall–Kier alpha value is -3.58. The summed E-state index contributed by atoms with van der Waals surface area (Å²) in [4.78, 5) is 29.3. The molecule has 0 fully saturated rings. The lowest BCUT2D eigenvalue weighted by atomic mass is 9.96. The van der Waals surface area contributed by atoms with Gasteiger partial charge >= 0.3 is 6.09 Å². The van der Waals surface area contributed by atoms with Crippen molar-refractivity contribution in [2.24, 2.45) is 0 Å². The summed E-state index contributed by atoms with van der Waals surface area (Å²) in [6.07, 6.45) is 1.50. The van der Waals surface area contributed by atoms with Crippen molar-refractivity contribution in [1.29, 1.82) is 0 Å². The molecule has 7 heteroatoms. The molecule has 2 heterocycles. The summed E-state index contributed by atoms with van der Waals surface area (Å²) >= 11 is 1.68. The molecule has 0 radical (unpaired) electrons. The zero-order chi connectivity index (χ0) is 23.4. The van der Waals surface area contributed by atoms with Crippen LogP contribution in [0, 0.1) is 0 Å². The Labute approximate surface area is 197 Å². The van der Waals surface area contributed by atoms with Gasteiger partial charge in [0.15, 0.2) is 0 Å². The van der Waals surface area contributed by atoms with E-state index in [1.807, 2.05) is 24.4 Å². The third-order valence-electron chi connectivity index (χ3n) is 5.14. The van der Waals surface area contributed by atoms with Crippen molar-refractivity contribution in [3.63, 3.8) is 0 Å². The largest absolute Gasteiger partial charge is 0.444 e. The molecule has 2 aromatic heterocycles. The van der Waals surface area contributed by atoms with E-state index in [9.17, 15) is 9.59 Å². The average molecular weight is 462 g/mol. The molecule has 2 aromatic carbocycles. The van der Waals surface area contributed by atoms with Gasteiger partial charge in [0, 0.05) is 45.7 Å². The first kappa shape index (κ1) is 22.6. The summed E-state index contributed by atoms with van der Waals surface area (Å²) in [6.45, 7) is 5.89. The first-order valence-corrected chi connectivity index (χ1v) is 11.7. The van der Waals surface area contributed by atoms with Crippen LogP contribution in [-0.4, -0.2) is 29.1 Å². The fraction of sp³-hybridized carbons (Fsp3) is 0.231. The molecule has 4 rings (SSSR count). The molecule has 0 spiro atoms. The molecule has 4 aromatic rings. The number of aromatic amines is 1. The average Bonchev–Trinajstić information content (AvgIpc) is 3.44. The summed E-state index contributed by atoms with van der Waals surface area (Å²) in [5, 5.41) is 8.95. The monoisotopic (exact) mass is 461 g/mol. The molecule has 0 saturated heterocycles. The Balaban J connectivity index is 1.44. The molecule has 6 nitrogen and oxygen atoms in total. The fourth-order valence-electron chi connectivity index (χ4n) is 3.66. The summed E-state index contributed by atoms with van der Waals surface area (Å²) in [7, 11) is 0. The first-order chi connectivity index (χ1) is 15.8. The van der Waals surface area contributed by atoms with Crippen LogP contribution in [0.4, 0.5) is 10.5 Å². The molecule has 0 saturated carbocycles. The van der Waals surface area contributed by atoms with Gasteiger partial charge in [-0.15, -0.1) is 11.3 Å². The number of hydrogen-bond acceptors (Lipinski definition) is 4. The van der Waals surface area contributed by atoms with Crippen LogP contribution in [0.25, 0.3) is 10.9 Å². The van der Waals surface area contributed by atoms with E-state index in [-0.39, 0.29) is 11.8 Å². The van der Waals surface area contributed by atoms with Crippen molar-refractivity contribution in [3.05, 3.63) is 88.2 Å². The highest BCUT2D eigenvalue weighted by Gasteiger charge is 2.20. The fourth-order valence-corrected chi connectivity index (χ4v) is 4.50. The normalized spacial score (nSPS) is 12.3. The Morgan fingerprint density at radius 1 is 1.03 bits per heavy atom. The summed E-state index contributed by atoms with van der Waals surface area (Å²) in [6, 6.07) is 19.1. The van der Waals surface area contributed by atoms with Crippen LogP contribution in [0.2, 0.25) is 0 Å². The molecule has 0 aliphatic heterocycles. The quantitative estimate of drug-likeness (QED) is 0.323. The van der Waals surface area contributed by atoms with Crippen LogP contribution >= 0.6 is 11.3 Å². The van der Waals surface area contributed by atoms with E-state index in [4.69, 9.17) is 4.74 Å². The zero-order valence-electron chi connectivity index (χ0n) is 18.8. The van der Waals surface area contributed by atoms with E-state index < -0.39 is 11.7 Å². The van der Waals surface area contributed by atoms with E-state index in [0.717, 1.165) is 16.5 Å². The third-order valence-corrected chi connectivity index (χ3v) is 6.13. The number of benzene rings is 2. The van der Waals surface area contributed by atoms with Gasteiger partial charge in [-0.3, -0.25) is 10.1 Å². The number of nitrogens with one attached hydrogen (secondary N) is 3. The molecule has 0 aliphatic rings. The Bertz CT molecular complexity index is 1240. The van der Waals surface area contributed by atoms with Gasteiger partial charge < -0.3 is 15.0 Å². The van der Waals surface area contributed by atoms with Crippen LogP contribution < -0.4 is 10.6 Å². The van der Waals surface area contributed by atoms with Gasteiger partial charge in [-0.05, 0) is 68.1 Å². The van der Waals surface area contributed by atoms with Crippen LogP contribution in [0.5, 0.6) is 0 Å². The van der Waals surface area contributed by atoms with Crippen LogP contribution in [0.1, 0.15) is 47.5 Å². The zero-order valence-corrected chi connectivity index (χ0v) is 19.7. The standard InChI is InChI=1S/C26H27N3O3S/c1-26(2,3)32-25(31)29-18-12-10-17(11-13-18)24(30)28-16-21(23-9-6-14-33-23)20-15-27-22-8-5-4-7-19(20)22/h4-15,21,27H,16H2,1-3H3,(H,28,30)(H,29,31). The maximum absolute atomic E-state index is 12.8. The Kier molecular flexibility index (Phi) is 6.51. The van der Waals surface area contributed by atoms with E-state index >= 15 is 0 Å². The smallest absolute Gasteiger partial charge is 0.412 e. The van der Waals surface area contributed by atoms with E-state index in [2.05, 4.69) is 39.2 Å². The molecule has 33 heavy (non-hydrogen) atoms. The van der Waals surface area contributed by atoms with Crippen molar-refractivity contribution >= 4 is 39.9 Å². The van der Waals surface area contributed by atoms with Gasteiger partial charge in [0.05, 0.1) is 0 Å². The first-order valence-electron chi connectivity index (χ1n) is 10.8. The minimum atomic E-state index is -0.576. The number of hydrogen-bond donors (Lipinski definition) is 3. The highest BCUT2D eigenvalue weighted by molar-refractivity contribution is 7.10. The summed E-state index contributed by atoms with van der Waals surface area (Å²) < 4.78 is 5.25. The van der Waals surface area contributed by atoms with Crippen molar-refractivity contribution in [3.8, 4) is 0 Å². The van der Waals surface area contributed by atoms with E-state index in [0.29, 0.717) is 17.8 Å². The van der Waals surface area contributed by atoms with Gasteiger partial charge in [0.1, 0.15) is 5.60 Å². The predicted molar refractivity (Wildman–Crippen MR) is 133 cm³/mol. The highest BCUT2D eigenvalue weighted by Crippen LogP contribution is 2.32. The van der Waals surface area contributed by atoms with Crippen molar-refractivity contribution < 1.29 is 14.3 Å². The van der Waals surface area contributed by atoms with Gasteiger partial charge in [-0.25, -0.2) is 4.79 Å². The van der Waals surface area contributed by atoms with Gasteiger partial charge in [-0.2, -0.15) is 0 Å². The number of para-hydroxylation sites is 1. The van der Waals surface area contributed by atoms with Gasteiger partial charge in [-0.1, -0.05) is 24.3 Å². The molecular weight excluding hydrogens is 434 g/mol. The maximum atomic E-state index is 12.8. The number of thiophene rings is 1. The minimum absolute atomic E-state index is 0.0400. The molecule has 3 N–H and O–H groups in total. The maximum Gasteiger partial charge on any atom is 0.412 e. The van der Waals surface area contributed by atoms with Crippen LogP contribution in [0.15, 0.2) is 72.2 Å². The molecule has 2 amide bonds. The number of aromatic nitrogens is 1. The minimum Gasteiger partial charge on any atom is -0.444 e. The summed E-state index contributed by atoms with van der Waals surface area (Å²) in [5.41, 5.74) is 2.75. The molecule has 0 aliphatic carbocycles. The van der Waals surface area contributed by atoms with Gasteiger partial charge in [0.2, 0.25) is 0 Å². The van der Waals surface area contributed by atoms with Gasteiger partial charge in [0.25, 0.3) is 5.91 Å². The highest BCUT2D eigenvalue weighted by atomic mass is 32.1. The number of rotatable bonds is 6. The Morgan fingerprint density at radius 2 is 1.79 bits per heavy atom. The van der Waals surface area contributed by atoms with E-state index in [1.54, 1.807) is 56.4 Å². The van der Waals surface area contributed by atoms with Crippen molar-refractivity contribution in [2.45, 2.75) is 32.3 Å². The van der Waals surface area contributed by atoms with Crippen LogP contribution in [-0.2, 0) is 4.74 Å². The van der Waals surface area contributed by atoms with E-state index in [1.165, 1.54) is 4.88 Å². The molecular formula is C26H27N3O3S. The van der Waals surface area contributed by atoms with Crippen molar-refractivity contribution in [1.82, 2.24) is 10.3 Å². The SMILES string of the molecule is CC(C)(C)OC(=O)Nc1ccc(C(=O)NCC(c2cccs2)c2c[nH]c3ccccc23)cc1. The number of fused-ring (bicyclic) bond motifs is 1.